The maximum atomic E-state index is 5.49. The van der Waals surface area contributed by atoms with E-state index in [9.17, 15) is 0 Å². The molecule has 1 N–H and O–H groups in total. The van der Waals surface area contributed by atoms with Gasteiger partial charge in [-0.05, 0) is 26.3 Å². The molecule has 0 aliphatic carbocycles. The first-order valence-electron chi connectivity index (χ1n) is 6.04. The van der Waals surface area contributed by atoms with Crippen LogP contribution in [0, 0.1) is 5.92 Å². The van der Waals surface area contributed by atoms with E-state index in [1.54, 1.807) is 7.11 Å². The van der Waals surface area contributed by atoms with Gasteiger partial charge in [0, 0.05) is 19.8 Å². The van der Waals surface area contributed by atoms with Gasteiger partial charge in [0.1, 0.15) is 0 Å². The van der Waals surface area contributed by atoms with Gasteiger partial charge in [-0.2, -0.15) is 0 Å². The highest BCUT2D eigenvalue weighted by atomic mass is 16.5. The Morgan fingerprint density at radius 1 is 0.938 bits per heavy atom. The Morgan fingerprint density at radius 3 is 2.06 bits per heavy atom. The fourth-order valence-electron chi connectivity index (χ4n) is 1.27. The second-order valence-corrected chi connectivity index (χ2v) is 4.06. The van der Waals surface area contributed by atoms with E-state index in [2.05, 4.69) is 19.2 Å². The molecule has 0 saturated heterocycles. The van der Waals surface area contributed by atoms with Gasteiger partial charge in [-0.15, -0.1) is 0 Å². The van der Waals surface area contributed by atoms with Crippen LogP contribution >= 0.6 is 0 Å². The second kappa shape index (κ2) is 11.3. The Kier molecular flexibility index (Phi) is 11.2. The molecule has 0 aromatic rings. The van der Waals surface area contributed by atoms with Crippen molar-refractivity contribution in [3.05, 3.63) is 0 Å². The van der Waals surface area contributed by atoms with Gasteiger partial charge in [-0.25, -0.2) is 0 Å². The molecule has 16 heavy (non-hydrogen) atoms. The van der Waals surface area contributed by atoms with Crippen LogP contribution in [-0.4, -0.2) is 53.2 Å². The third-order valence-electron chi connectivity index (χ3n) is 2.83. The molecule has 0 aliphatic heterocycles. The zero-order chi connectivity index (χ0) is 12.2. The lowest BCUT2D eigenvalue weighted by atomic mass is 10.0. The van der Waals surface area contributed by atoms with E-state index in [4.69, 9.17) is 14.2 Å². The first kappa shape index (κ1) is 15.8. The highest BCUT2D eigenvalue weighted by Crippen LogP contribution is 2.06. The van der Waals surface area contributed by atoms with Crippen molar-refractivity contribution in [1.29, 1.82) is 0 Å². The SMILES string of the molecule is CNC(C)C(C)CCOCCOCCOC. The van der Waals surface area contributed by atoms with Crippen LogP contribution in [0.2, 0.25) is 0 Å². The first-order chi connectivity index (χ1) is 7.72. The fourth-order valence-corrected chi connectivity index (χ4v) is 1.27. The molecule has 0 saturated carbocycles. The summed E-state index contributed by atoms with van der Waals surface area (Å²) < 4.78 is 15.6. The van der Waals surface area contributed by atoms with Crippen molar-refractivity contribution >= 4 is 0 Å². The summed E-state index contributed by atoms with van der Waals surface area (Å²) in [6.07, 6.45) is 1.08. The number of hydrogen-bond donors (Lipinski definition) is 1. The first-order valence-corrected chi connectivity index (χ1v) is 6.04. The number of hydrogen-bond acceptors (Lipinski definition) is 4. The smallest absolute Gasteiger partial charge is 0.0701 e. The summed E-state index contributed by atoms with van der Waals surface area (Å²) in [5.74, 6) is 0.638. The lowest BCUT2D eigenvalue weighted by Gasteiger charge is -2.18. The monoisotopic (exact) mass is 233 g/mol. The summed E-state index contributed by atoms with van der Waals surface area (Å²) in [7, 11) is 3.66. The Morgan fingerprint density at radius 2 is 1.50 bits per heavy atom. The van der Waals surface area contributed by atoms with Crippen LogP contribution in [0.25, 0.3) is 0 Å². The van der Waals surface area contributed by atoms with Gasteiger partial charge >= 0.3 is 0 Å². The van der Waals surface area contributed by atoms with E-state index in [0.717, 1.165) is 13.0 Å². The summed E-state index contributed by atoms with van der Waals surface area (Å²) in [5, 5.41) is 3.25. The molecule has 0 rings (SSSR count). The van der Waals surface area contributed by atoms with E-state index >= 15 is 0 Å². The second-order valence-electron chi connectivity index (χ2n) is 4.06. The van der Waals surface area contributed by atoms with E-state index < -0.39 is 0 Å². The topological polar surface area (TPSA) is 39.7 Å². The molecule has 0 heterocycles. The van der Waals surface area contributed by atoms with Crippen molar-refractivity contribution in [3.63, 3.8) is 0 Å². The van der Waals surface area contributed by atoms with Gasteiger partial charge in [0.05, 0.1) is 26.4 Å². The molecule has 0 radical (unpaired) electrons. The van der Waals surface area contributed by atoms with Crippen molar-refractivity contribution in [2.24, 2.45) is 5.92 Å². The van der Waals surface area contributed by atoms with E-state index in [0.29, 0.717) is 38.4 Å². The summed E-state index contributed by atoms with van der Waals surface area (Å²) in [6, 6.07) is 0.543. The Labute approximate surface area is 99.6 Å². The van der Waals surface area contributed by atoms with Crippen molar-refractivity contribution in [2.75, 3.05) is 47.2 Å². The van der Waals surface area contributed by atoms with Crippen LogP contribution in [0.15, 0.2) is 0 Å². The van der Waals surface area contributed by atoms with Gasteiger partial charge < -0.3 is 19.5 Å². The molecule has 4 nitrogen and oxygen atoms in total. The predicted octanol–water partition coefficient (Wildman–Crippen LogP) is 1.30. The number of ether oxygens (including phenoxy) is 3. The normalized spacial score (nSPS) is 15.0. The maximum Gasteiger partial charge on any atom is 0.0701 e. The molecular formula is C12H27NO3. The maximum absolute atomic E-state index is 5.49. The molecule has 2 atom stereocenters. The third-order valence-corrected chi connectivity index (χ3v) is 2.83. The molecule has 0 fully saturated rings. The number of nitrogens with one attached hydrogen (secondary N) is 1. The average Bonchev–Trinajstić information content (AvgIpc) is 2.31. The molecule has 0 bridgehead atoms. The van der Waals surface area contributed by atoms with Gasteiger partial charge in [0.2, 0.25) is 0 Å². The minimum atomic E-state index is 0.543. The molecule has 4 heteroatoms. The molecule has 0 amide bonds. The highest BCUT2D eigenvalue weighted by Gasteiger charge is 2.08. The Balaban J connectivity index is 3.14. The van der Waals surface area contributed by atoms with Crippen molar-refractivity contribution < 1.29 is 14.2 Å². The minimum absolute atomic E-state index is 0.543. The summed E-state index contributed by atoms with van der Waals surface area (Å²) in [6.45, 7) is 7.85. The van der Waals surface area contributed by atoms with Gasteiger partial charge in [0.15, 0.2) is 0 Å². The lowest BCUT2D eigenvalue weighted by Crippen LogP contribution is -2.29. The fraction of sp³-hybridized carbons (Fsp3) is 1.00. The van der Waals surface area contributed by atoms with E-state index in [-0.39, 0.29) is 0 Å². The van der Waals surface area contributed by atoms with Gasteiger partial charge in [-0.1, -0.05) is 6.92 Å². The predicted molar refractivity (Wildman–Crippen MR) is 65.8 cm³/mol. The average molecular weight is 233 g/mol. The van der Waals surface area contributed by atoms with Crippen molar-refractivity contribution in [2.45, 2.75) is 26.3 Å². The summed E-state index contributed by atoms with van der Waals surface area (Å²) in [5.41, 5.74) is 0. The van der Waals surface area contributed by atoms with Crippen LogP contribution in [-0.2, 0) is 14.2 Å². The van der Waals surface area contributed by atoms with Crippen molar-refractivity contribution in [1.82, 2.24) is 5.32 Å². The molecule has 98 valence electrons. The zero-order valence-electron chi connectivity index (χ0n) is 11.1. The minimum Gasteiger partial charge on any atom is -0.382 e. The molecule has 2 unspecified atom stereocenters. The number of rotatable bonds is 11. The van der Waals surface area contributed by atoms with Crippen LogP contribution in [0.1, 0.15) is 20.3 Å². The molecular weight excluding hydrogens is 206 g/mol. The third kappa shape index (κ3) is 9.09. The summed E-state index contributed by atoms with van der Waals surface area (Å²) in [4.78, 5) is 0. The zero-order valence-corrected chi connectivity index (χ0v) is 11.1. The molecule has 0 aromatic carbocycles. The van der Waals surface area contributed by atoms with Crippen LogP contribution in [0.5, 0.6) is 0 Å². The van der Waals surface area contributed by atoms with Crippen LogP contribution in [0.4, 0.5) is 0 Å². The standard InChI is InChI=1S/C12H27NO3/c1-11(12(2)13-3)5-6-15-9-10-16-8-7-14-4/h11-13H,5-10H2,1-4H3. The van der Waals surface area contributed by atoms with Crippen molar-refractivity contribution in [3.8, 4) is 0 Å². The number of methoxy groups -OCH3 is 1. The lowest BCUT2D eigenvalue weighted by molar-refractivity contribution is 0.0215. The Bertz CT molecular complexity index is 144. The summed E-state index contributed by atoms with van der Waals surface area (Å²) >= 11 is 0. The van der Waals surface area contributed by atoms with Gasteiger partial charge in [0.25, 0.3) is 0 Å². The van der Waals surface area contributed by atoms with E-state index in [1.165, 1.54) is 0 Å². The highest BCUT2D eigenvalue weighted by molar-refractivity contribution is 4.65. The van der Waals surface area contributed by atoms with Crippen LogP contribution < -0.4 is 5.32 Å². The van der Waals surface area contributed by atoms with Crippen LogP contribution in [0.3, 0.4) is 0 Å². The molecule has 0 spiro atoms. The quantitative estimate of drug-likeness (QED) is 0.546. The molecule has 0 aromatic heterocycles. The largest absolute Gasteiger partial charge is 0.382 e. The Hall–Kier alpha value is -0.160. The molecule has 0 aliphatic rings. The van der Waals surface area contributed by atoms with Gasteiger partial charge in [-0.3, -0.25) is 0 Å². The van der Waals surface area contributed by atoms with E-state index in [1.807, 2.05) is 7.05 Å².